The summed E-state index contributed by atoms with van der Waals surface area (Å²) in [6, 6.07) is 51.4. The van der Waals surface area contributed by atoms with Crippen LogP contribution in [0.3, 0.4) is 0 Å². The summed E-state index contributed by atoms with van der Waals surface area (Å²) in [4.78, 5) is 0. The molecule has 0 aliphatic heterocycles. The smallest absolute Gasteiger partial charge is 0.0641 e. The molecule has 0 fully saturated rings. The quantitative estimate of drug-likeness (QED) is 0.193. The number of rotatable bonds is 2. The average molecular weight is 579 g/mol. The summed E-state index contributed by atoms with van der Waals surface area (Å²) in [7, 11) is 0. The van der Waals surface area contributed by atoms with E-state index in [1.54, 1.807) is 0 Å². The molecular formula is C41H26N2S. The van der Waals surface area contributed by atoms with Crippen molar-refractivity contribution in [1.29, 1.82) is 0 Å². The number of aromatic nitrogens is 2. The summed E-state index contributed by atoms with van der Waals surface area (Å²) >= 11 is 1.89. The van der Waals surface area contributed by atoms with Crippen molar-refractivity contribution in [2.75, 3.05) is 0 Å². The normalized spacial score (nSPS) is 12.2. The Morgan fingerprint density at radius 3 is 1.70 bits per heavy atom. The molecule has 10 aromatic rings. The van der Waals surface area contributed by atoms with Crippen molar-refractivity contribution in [3.05, 3.63) is 145 Å². The first kappa shape index (κ1) is 24.1. The fourth-order valence-electron chi connectivity index (χ4n) is 7.59. The number of hydrogen-bond donors (Lipinski definition) is 0. The molecule has 3 aromatic heterocycles. The van der Waals surface area contributed by atoms with Gasteiger partial charge in [-0.1, -0.05) is 103 Å². The van der Waals surface area contributed by atoms with Crippen LogP contribution in [0.5, 0.6) is 0 Å². The van der Waals surface area contributed by atoms with Crippen molar-refractivity contribution in [3.63, 3.8) is 0 Å². The highest BCUT2D eigenvalue weighted by atomic mass is 32.1. The lowest BCUT2D eigenvalue weighted by atomic mass is 9.99. The third kappa shape index (κ3) is 3.09. The Balaban J connectivity index is 1.50. The minimum Gasteiger partial charge on any atom is -0.309 e. The third-order valence-electron chi connectivity index (χ3n) is 9.32. The summed E-state index contributed by atoms with van der Waals surface area (Å²) in [6.45, 7) is 2.18. The topological polar surface area (TPSA) is 9.86 Å². The number of para-hydroxylation sites is 2. The zero-order valence-corrected chi connectivity index (χ0v) is 24.9. The van der Waals surface area contributed by atoms with Gasteiger partial charge in [-0.05, 0) is 48.9 Å². The third-order valence-corrected chi connectivity index (χ3v) is 10.5. The molecule has 10 rings (SSSR count). The summed E-state index contributed by atoms with van der Waals surface area (Å²) in [5.74, 6) is 0. The molecule has 0 aliphatic rings. The van der Waals surface area contributed by atoms with E-state index in [9.17, 15) is 0 Å². The molecule has 7 aromatic carbocycles. The van der Waals surface area contributed by atoms with E-state index in [2.05, 4.69) is 156 Å². The van der Waals surface area contributed by atoms with E-state index < -0.39 is 0 Å². The maximum absolute atomic E-state index is 2.54. The number of thiophene rings is 1. The lowest BCUT2D eigenvalue weighted by Crippen LogP contribution is -1.97. The van der Waals surface area contributed by atoms with E-state index in [0.717, 1.165) is 0 Å². The van der Waals surface area contributed by atoms with Gasteiger partial charge in [0.25, 0.3) is 0 Å². The fourth-order valence-corrected chi connectivity index (χ4v) is 8.79. The molecule has 0 N–H and O–H groups in total. The van der Waals surface area contributed by atoms with E-state index in [-0.39, 0.29) is 0 Å². The van der Waals surface area contributed by atoms with Gasteiger partial charge in [0.05, 0.1) is 32.5 Å². The summed E-state index contributed by atoms with van der Waals surface area (Å²) in [6.07, 6.45) is 0. The molecule has 0 saturated heterocycles. The van der Waals surface area contributed by atoms with Gasteiger partial charge >= 0.3 is 0 Å². The predicted molar refractivity (Wildman–Crippen MR) is 190 cm³/mol. The van der Waals surface area contributed by atoms with Crippen molar-refractivity contribution < 1.29 is 0 Å². The summed E-state index contributed by atoms with van der Waals surface area (Å²) < 4.78 is 7.67. The first-order chi connectivity index (χ1) is 21.8. The first-order valence-electron chi connectivity index (χ1n) is 15.1. The average Bonchev–Trinajstić information content (AvgIpc) is 3.73. The molecule has 0 saturated carbocycles. The van der Waals surface area contributed by atoms with Crippen molar-refractivity contribution >= 4 is 85.9 Å². The molecule has 0 spiro atoms. The van der Waals surface area contributed by atoms with Crippen LogP contribution in [-0.4, -0.2) is 9.13 Å². The van der Waals surface area contributed by atoms with E-state index in [4.69, 9.17) is 0 Å². The van der Waals surface area contributed by atoms with E-state index >= 15 is 0 Å². The molecule has 0 amide bonds. The van der Waals surface area contributed by atoms with Gasteiger partial charge in [-0.2, -0.15) is 0 Å². The van der Waals surface area contributed by atoms with Crippen molar-refractivity contribution in [1.82, 2.24) is 9.13 Å². The van der Waals surface area contributed by atoms with Gasteiger partial charge in [0.1, 0.15) is 0 Å². The van der Waals surface area contributed by atoms with Crippen LogP contribution in [-0.2, 0) is 0 Å². The molecule has 3 heteroatoms. The standard InChI is InChI=1S/C41H26N2S/c1-25-12-10-13-26(24-25)42-33-20-7-4-17-31(33)37-38-32-18-5-8-21-34(32)43(40(38)29-16-3-2-15-28(29)39(37)42)35-22-11-19-30-27-14-6-9-23-36(27)44-41(30)35/h2-24H,1H3. The summed E-state index contributed by atoms with van der Waals surface area (Å²) in [5, 5.41) is 10.4. The van der Waals surface area contributed by atoms with E-state index in [0.29, 0.717) is 0 Å². The Bertz CT molecular complexity index is 2790. The van der Waals surface area contributed by atoms with Crippen molar-refractivity contribution in [2.45, 2.75) is 6.92 Å². The van der Waals surface area contributed by atoms with E-state index in [1.807, 2.05) is 11.3 Å². The van der Waals surface area contributed by atoms with Crippen LogP contribution in [0.1, 0.15) is 5.56 Å². The Labute approximate surface area is 257 Å². The maximum Gasteiger partial charge on any atom is 0.0641 e. The molecule has 2 nitrogen and oxygen atoms in total. The first-order valence-corrected chi connectivity index (χ1v) is 15.9. The number of hydrogen-bond acceptors (Lipinski definition) is 1. The number of nitrogens with zero attached hydrogens (tertiary/aromatic N) is 2. The van der Waals surface area contributed by atoms with Crippen LogP contribution >= 0.6 is 11.3 Å². The molecule has 3 heterocycles. The highest BCUT2D eigenvalue weighted by Gasteiger charge is 2.25. The highest BCUT2D eigenvalue weighted by Crippen LogP contribution is 2.48. The van der Waals surface area contributed by atoms with Gasteiger partial charge in [0, 0.05) is 53.5 Å². The predicted octanol–water partition coefficient (Wildman–Crippen LogP) is 11.7. The molecular weight excluding hydrogens is 553 g/mol. The minimum atomic E-state index is 1.19. The van der Waals surface area contributed by atoms with Gasteiger partial charge in [-0.3, -0.25) is 0 Å². The van der Waals surface area contributed by atoms with Crippen LogP contribution in [0.2, 0.25) is 0 Å². The summed E-state index contributed by atoms with van der Waals surface area (Å²) in [5.41, 5.74) is 8.69. The largest absolute Gasteiger partial charge is 0.309 e. The second-order valence-electron chi connectivity index (χ2n) is 11.8. The molecule has 0 atom stereocenters. The lowest BCUT2D eigenvalue weighted by Gasteiger charge is -2.14. The van der Waals surface area contributed by atoms with Gasteiger partial charge in [-0.25, -0.2) is 0 Å². The Morgan fingerprint density at radius 2 is 1.00 bits per heavy atom. The minimum absolute atomic E-state index is 1.19. The Morgan fingerprint density at radius 1 is 0.455 bits per heavy atom. The Kier molecular flexibility index (Phi) is 4.83. The zero-order chi connectivity index (χ0) is 28.9. The Hall–Kier alpha value is -5.38. The SMILES string of the molecule is Cc1cccc(-n2c3ccccc3c3c4c5ccccc5n(-c5cccc6c5sc5ccccc56)c4c4ccccc4c32)c1. The van der Waals surface area contributed by atoms with Crippen molar-refractivity contribution in [2.24, 2.45) is 0 Å². The van der Waals surface area contributed by atoms with Crippen molar-refractivity contribution in [3.8, 4) is 11.4 Å². The van der Waals surface area contributed by atoms with Crippen LogP contribution < -0.4 is 0 Å². The van der Waals surface area contributed by atoms with Crippen LogP contribution in [0.15, 0.2) is 140 Å². The maximum atomic E-state index is 2.54. The fraction of sp³-hybridized carbons (Fsp3) is 0.0244. The zero-order valence-electron chi connectivity index (χ0n) is 24.1. The van der Waals surface area contributed by atoms with E-state index in [1.165, 1.54) is 91.5 Å². The highest BCUT2D eigenvalue weighted by molar-refractivity contribution is 7.26. The van der Waals surface area contributed by atoms with Gasteiger partial charge in [0.15, 0.2) is 0 Å². The second kappa shape index (κ2) is 8.82. The number of aryl methyl sites for hydroxylation is 1. The molecule has 0 radical (unpaired) electrons. The molecule has 0 bridgehead atoms. The second-order valence-corrected chi connectivity index (χ2v) is 12.8. The number of fused-ring (bicyclic) bond motifs is 13. The lowest BCUT2D eigenvalue weighted by molar-refractivity contribution is 1.18. The number of benzene rings is 7. The van der Waals surface area contributed by atoms with Crippen LogP contribution in [0.25, 0.3) is 85.9 Å². The van der Waals surface area contributed by atoms with Gasteiger partial charge in [0.2, 0.25) is 0 Å². The van der Waals surface area contributed by atoms with Crippen LogP contribution in [0, 0.1) is 6.92 Å². The molecule has 206 valence electrons. The van der Waals surface area contributed by atoms with Gasteiger partial charge < -0.3 is 9.13 Å². The van der Waals surface area contributed by atoms with Crippen LogP contribution in [0.4, 0.5) is 0 Å². The molecule has 0 unspecified atom stereocenters. The molecule has 44 heavy (non-hydrogen) atoms. The monoisotopic (exact) mass is 578 g/mol. The van der Waals surface area contributed by atoms with Gasteiger partial charge in [-0.15, -0.1) is 11.3 Å². The molecule has 0 aliphatic carbocycles.